The number of rotatable bonds is 4. The van der Waals surface area contributed by atoms with Crippen LogP contribution in [0.25, 0.3) is 0 Å². The molecule has 0 amide bonds. The Labute approximate surface area is 105 Å². The lowest BCUT2D eigenvalue weighted by Gasteiger charge is -2.05. The van der Waals surface area contributed by atoms with Crippen LogP contribution in [0.5, 0.6) is 0 Å². The average molecular weight is 298 g/mol. The average Bonchev–Trinajstić information content (AvgIpc) is 2.80. The zero-order valence-electron chi connectivity index (χ0n) is 8.59. The number of nitro groups is 1. The Kier molecular flexibility index (Phi) is 3.38. The van der Waals surface area contributed by atoms with Crippen LogP contribution in [-0.2, 0) is 6.54 Å². The summed E-state index contributed by atoms with van der Waals surface area (Å²) in [6, 6.07) is 6.52. The van der Waals surface area contributed by atoms with Gasteiger partial charge in [0.1, 0.15) is 17.6 Å². The highest BCUT2D eigenvalue weighted by molar-refractivity contribution is 9.10. The van der Waals surface area contributed by atoms with Crippen molar-refractivity contribution in [2.45, 2.75) is 6.54 Å². The number of nitrogens with zero attached hydrogens (tertiary/aromatic N) is 2. The van der Waals surface area contributed by atoms with E-state index in [0.717, 1.165) is 0 Å². The minimum Gasteiger partial charge on any atom is -0.374 e. The van der Waals surface area contributed by atoms with E-state index in [1.807, 2.05) is 0 Å². The first-order valence-corrected chi connectivity index (χ1v) is 5.53. The van der Waals surface area contributed by atoms with Crippen LogP contribution in [0, 0.1) is 10.1 Å². The molecule has 88 valence electrons. The molecule has 0 aliphatic rings. The van der Waals surface area contributed by atoms with Crippen molar-refractivity contribution in [1.29, 1.82) is 0 Å². The highest BCUT2D eigenvalue weighted by Gasteiger charge is 2.13. The molecule has 0 aliphatic carbocycles. The molecule has 1 aromatic heterocycles. The van der Waals surface area contributed by atoms with Crippen molar-refractivity contribution in [1.82, 2.24) is 5.16 Å². The Hall–Kier alpha value is -1.89. The molecule has 17 heavy (non-hydrogen) atoms. The second kappa shape index (κ2) is 4.96. The fourth-order valence-electron chi connectivity index (χ4n) is 1.32. The first-order chi connectivity index (χ1) is 8.16. The number of nitro benzene ring substituents is 1. The fourth-order valence-corrected chi connectivity index (χ4v) is 1.67. The van der Waals surface area contributed by atoms with Gasteiger partial charge in [0, 0.05) is 16.6 Å². The molecule has 0 aliphatic heterocycles. The maximum atomic E-state index is 10.8. The normalized spacial score (nSPS) is 10.2. The van der Waals surface area contributed by atoms with Gasteiger partial charge >= 0.3 is 0 Å². The van der Waals surface area contributed by atoms with E-state index < -0.39 is 4.92 Å². The van der Waals surface area contributed by atoms with Crippen molar-refractivity contribution in [3.63, 3.8) is 0 Å². The Bertz CT molecular complexity index is 528. The molecule has 0 spiro atoms. The second-order valence-corrected chi connectivity index (χ2v) is 4.18. The quantitative estimate of drug-likeness (QED) is 0.693. The third-order valence-electron chi connectivity index (χ3n) is 2.11. The molecule has 0 saturated carbocycles. The van der Waals surface area contributed by atoms with Crippen LogP contribution in [0.3, 0.4) is 0 Å². The lowest BCUT2D eigenvalue weighted by Crippen LogP contribution is -2.02. The number of nitrogens with one attached hydrogen (secondary N) is 1. The summed E-state index contributed by atoms with van der Waals surface area (Å²) < 4.78 is 5.33. The van der Waals surface area contributed by atoms with Crippen LogP contribution >= 0.6 is 15.9 Å². The molecular formula is C10H8BrN3O3. The van der Waals surface area contributed by atoms with Gasteiger partial charge in [-0.3, -0.25) is 10.1 Å². The molecule has 0 atom stereocenters. The van der Waals surface area contributed by atoms with E-state index in [1.165, 1.54) is 12.3 Å². The maximum absolute atomic E-state index is 10.8. The molecule has 6 nitrogen and oxygen atoms in total. The van der Waals surface area contributed by atoms with Crippen molar-refractivity contribution in [3.05, 3.63) is 50.8 Å². The summed E-state index contributed by atoms with van der Waals surface area (Å²) in [5.41, 5.74) is 1.14. The molecule has 7 heteroatoms. The van der Waals surface area contributed by atoms with Crippen LogP contribution in [0.15, 0.2) is 39.5 Å². The minimum absolute atomic E-state index is 0.0165. The van der Waals surface area contributed by atoms with Crippen LogP contribution in [0.2, 0.25) is 0 Å². The molecule has 0 unspecified atom stereocenters. The third kappa shape index (κ3) is 2.82. The van der Waals surface area contributed by atoms with E-state index in [1.54, 1.807) is 18.2 Å². The van der Waals surface area contributed by atoms with Gasteiger partial charge in [0.2, 0.25) is 0 Å². The highest BCUT2D eigenvalue weighted by Crippen LogP contribution is 2.28. The summed E-state index contributed by atoms with van der Waals surface area (Å²) in [5, 5.41) is 17.5. The Morgan fingerprint density at radius 2 is 2.29 bits per heavy atom. The predicted molar refractivity (Wildman–Crippen MR) is 64.6 cm³/mol. The van der Waals surface area contributed by atoms with Gasteiger partial charge in [-0.15, -0.1) is 0 Å². The summed E-state index contributed by atoms with van der Waals surface area (Å²) in [5.74, 6) is 0. The number of halogens is 1. The van der Waals surface area contributed by atoms with Crippen LogP contribution in [0.1, 0.15) is 5.69 Å². The smallest absolute Gasteiger partial charge is 0.293 e. The van der Waals surface area contributed by atoms with Crippen molar-refractivity contribution in [2.75, 3.05) is 5.32 Å². The topological polar surface area (TPSA) is 81.2 Å². The number of hydrogen-bond acceptors (Lipinski definition) is 5. The second-order valence-electron chi connectivity index (χ2n) is 3.26. The van der Waals surface area contributed by atoms with E-state index in [4.69, 9.17) is 0 Å². The van der Waals surface area contributed by atoms with Crippen molar-refractivity contribution in [2.24, 2.45) is 0 Å². The molecule has 0 radical (unpaired) electrons. The zero-order valence-corrected chi connectivity index (χ0v) is 10.2. The molecule has 1 N–H and O–H groups in total. The van der Waals surface area contributed by atoms with E-state index in [-0.39, 0.29) is 5.69 Å². The van der Waals surface area contributed by atoms with Gasteiger partial charge in [0.15, 0.2) is 0 Å². The molecule has 0 bridgehead atoms. The Morgan fingerprint density at radius 3 is 2.94 bits per heavy atom. The van der Waals surface area contributed by atoms with Gasteiger partial charge in [0.05, 0.1) is 11.5 Å². The summed E-state index contributed by atoms with van der Waals surface area (Å²) in [6.07, 6.45) is 1.45. The van der Waals surface area contributed by atoms with Crippen molar-refractivity contribution < 1.29 is 9.45 Å². The lowest BCUT2D eigenvalue weighted by atomic mass is 10.2. The summed E-state index contributed by atoms with van der Waals surface area (Å²) in [7, 11) is 0. The molecule has 0 fully saturated rings. The first-order valence-electron chi connectivity index (χ1n) is 4.74. The third-order valence-corrected chi connectivity index (χ3v) is 2.60. The van der Waals surface area contributed by atoms with E-state index >= 15 is 0 Å². The summed E-state index contributed by atoms with van der Waals surface area (Å²) in [6.45, 7) is 0.374. The standard InChI is InChI=1S/C10H8BrN3O3/c11-7-1-2-9(10(5-7)14(15)16)12-6-8-3-4-17-13-8/h1-5,12H,6H2. The number of anilines is 1. The Balaban J connectivity index is 2.17. The Morgan fingerprint density at radius 1 is 1.47 bits per heavy atom. The SMILES string of the molecule is O=[N+]([O-])c1cc(Br)ccc1NCc1ccon1. The number of hydrogen-bond donors (Lipinski definition) is 1. The zero-order chi connectivity index (χ0) is 12.3. The molecule has 2 aromatic rings. The van der Waals surface area contributed by atoms with Gasteiger partial charge in [-0.25, -0.2) is 0 Å². The predicted octanol–water partition coefficient (Wildman–Crippen LogP) is 2.96. The van der Waals surface area contributed by atoms with Gasteiger partial charge in [0.25, 0.3) is 5.69 Å². The van der Waals surface area contributed by atoms with Crippen LogP contribution in [-0.4, -0.2) is 10.1 Å². The monoisotopic (exact) mass is 297 g/mol. The summed E-state index contributed by atoms with van der Waals surface area (Å²) >= 11 is 3.19. The highest BCUT2D eigenvalue weighted by atomic mass is 79.9. The molecular weight excluding hydrogens is 290 g/mol. The van der Waals surface area contributed by atoms with Gasteiger partial charge in [-0.05, 0) is 12.1 Å². The largest absolute Gasteiger partial charge is 0.374 e. The van der Waals surface area contributed by atoms with E-state index in [2.05, 4.69) is 30.9 Å². The molecule has 1 aromatic carbocycles. The van der Waals surface area contributed by atoms with E-state index in [0.29, 0.717) is 22.4 Å². The molecule has 0 saturated heterocycles. The first kappa shape index (κ1) is 11.6. The van der Waals surface area contributed by atoms with Crippen molar-refractivity contribution in [3.8, 4) is 0 Å². The number of benzene rings is 1. The van der Waals surface area contributed by atoms with E-state index in [9.17, 15) is 10.1 Å². The van der Waals surface area contributed by atoms with Crippen LogP contribution < -0.4 is 5.32 Å². The summed E-state index contributed by atoms with van der Waals surface area (Å²) in [4.78, 5) is 10.4. The van der Waals surface area contributed by atoms with Crippen LogP contribution in [0.4, 0.5) is 11.4 Å². The van der Waals surface area contributed by atoms with Gasteiger partial charge < -0.3 is 9.84 Å². The number of aromatic nitrogens is 1. The maximum Gasteiger partial charge on any atom is 0.293 e. The lowest BCUT2D eigenvalue weighted by molar-refractivity contribution is -0.384. The minimum atomic E-state index is -0.435. The molecule has 1 heterocycles. The van der Waals surface area contributed by atoms with Gasteiger partial charge in [-0.1, -0.05) is 21.1 Å². The van der Waals surface area contributed by atoms with Crippen molar-refractivity contribution >= 4 is 27.3 Å². The van der Waals surface area contributed by atoms with Gasteiger partial charge in [-0.2, -0.15) is 0 Å². The fraction of sp³-hybridized carbons (Fsp3) is 0.100. The molecule has 2 rings (SSSR count).